The third kappa shape index (κ3) is 6.23. The van der Waals surface area contributed by atoms with Crippen LogP contribution in [0.25, 0.3) is 0 Å². The van der Waals surface area contributed by atoms with Crippen molar-refractivity contribution in [3.63, 3.8) is 0 Å². The third-order valence-corrected chi connectivity index (χ3v) is 5.28. The highest BCUT2D eigenvalue weighted by Crippen LogP contribution is 2.20. The molecular formula is C20H29N5O4. The minimum atomic E-state index is -0.649. The quantitative estimate of drug-likeness (QED) is 0.456. The summed E-state index contributed by atoms with van der Waals surface area (Å²) >= 11 is 0. The molecule has 9 nitrogen and oxygen atoms in total. The van der Waals surface area contributed by atoms with E-state index < -0.39 is 11.8 Å². The summed E-state index contributed by atoms with van der Waals surface area (Å²) in [5.74, 6) is -1.13. The van der Waals surface area contributed by atoms with E-state index in [2.05, 4.69) is 20.5 Å². The molecule has 3 amide bonds. The maximum atomic E-state index is 12.2. The molecule has 1 aromatic rings. The fourth-order valence-electron chi connectivity index (χ4n) is 3.68. The zero-order valence-corrected chi connectivity index (χ0v) is 16.6. The van der Waals surface area contributed by atoms with Crippen molar-refractivity contribution < 1.29 is 19.1 Å². The van der Waals surface area contributed by atoms with Crippen LogP contribution in [-0.2, 0) is 19.1 Å². The molecule has 0 unspecified atom stereocenters. The Balaban J connectivity index is 1.43. The number of pyridine rings is 1. The normalized spacial score (nSPS) is 18.5. The van der Waals surface area contributed by atoms with Gasteiger partial charge in [-0.15, -0.1) is 0 Å². The molecule has 29 heavy (non-hydrogen) atoms. The predicted molar refractivity (Wildman–Crippen MR) is 106 cm³/mol. The highest BCUT2D eigenvalue weighted by Gasteiger charge is 2.25. The van der Waals surface area contributed by atoms with Crippen LogP contribution in [0.2, 0.25) is 0 Å². The Labute approximate surface area is 170 Å². The molecule has 158 valence electrons. The Morgan fingerprint density at radius 3 is 2.66 bits per heavy atom. The molecule has 9 heteroatoms. The third-order valence-electron chi connectivity index (χ3n) is 5.28. The number of nitrogens with one attached hydrogen (secondary N) is 2. The number of morpholine rings is 1. The molecule has 2 saturated heterocycles. The molecule has 2 aliphatic heterocycles. The number of nitrogens with zero attached hydrogens (tertiary/aromatic N) is 3. The second kappa shape index (κ2) is 10.9. The maximum Gasteiger partial charge on any atom is 0.309 e. The average Bonchev–Trinajstić information content (AvgIpc) is 3.17. The first-order chi connectivity index (χ1) is 14.1. The van der Waals surface area contributed by atoms with Gasteiger partial charge in [-0.3, -0.25) is 24.3 Å². The van der Waals surface area contributed by atoms with Gasteiger partial charge in [0.2, 0.25) is 5.91 Å². The first kappa shape index (κ1) is 21.2. The molecule has 1 aromatic heterocycles. The lowest BCUT2D eigenvalue weighted by atomic mass is 10.1. The summed E-state index contributed by atoms with van der Waals surface area (Å²) in [5, 5.41) is 5.37. The topological polar surface area (TPSA) is 104 Å². The second-order valence-electron chi connectivity index (χ2n) is 7.25. The van der Waals surface area contributed by atoms with Gasteiger partial charge in [0.05, 0.1) is 19.3 Å². The van der Waals surface area contributed by atoms with Gasteiger partial charge < -0.3 is 20.3 Å². The molecule has 2 fully saturated rings. The van der Waals surface area contributed by atoms with Crippen molar-refractivity contribution in [2.45, 2.75) is 25.3 Å². The van der Waals surface area contributed by atoms with Crippen molar-refractivity contribution in [2.24, 2.45) is 0 Å². The Morgan fingerprint density at radius 2 is 1.97 bits per heavy atom. The summed E-state index contributed by atoms with van der Waals surface area (Å²) in [6.07, 6.45) is 5.63. The van der Waals surface area contributed by atoms with Crippen molar-refractivity contribution in [2.75, 3.05) is 52.5 Å². The van der Waals surface area contributed by atoms with Gasteiger partial charge in [-0.1, -0.05) is 6.07 Å². The number of hydrogen-bond donors (Lipinski definition) is 2. The standard InChI is InChI=1S/C20H29N5O4/c26-18-5-2-8-25(18)9-3-7-22-19(27)20(28)23-15-17(16-4-1-6-21-14-16)24-10-12-29-13-11-24/h1,4,6,14,17H,2-3,5,7-13,15H2,(H,22,27)(H,23,28)/t17-/m0/s1. The van der Waals surface area contributed by atoms with Crippen LogP contribution in [0, 0.1) is 0 Å². The fourth-order valence-corrected chi connectivity index (χ4v) is 3.68. The molecule has 3 rings (SSSR count). The Bertz CT molecular complexity index is 693. The van der Waals surface area contributed by atoms with Crippen molar-refractivity contribution in [3.05, 3.63) is 30.1 Å². The minimum Gasteiger partial charge on any atom is -0.379 e. The number of ether oxygens (including phenoxy) is 1. The number of hydrogen-bond acceptors (Lipinski definition) is 6. The van der Waals surface area contributed by atoms with Crippen molar-refractivity contribution >= 4 is 17.7 Å². The summed E-state index contributed by atoms with van der Waals surface area (Å²) in [4.78, 5) is 44.1. The summed E-state index contributed by atoms with van der Waals surface area (Å²) in [6.45, 7) is 4.89. The molecule has 0 saturated carbocycles. The van der Waals surface area contributed by atoms with Crippen LogP contribution < -0.4 is 10.6 Å². The zero-order chi connectivity index (χ0) is 20.5. The predicted octanol–water partition coefficient (Wildman–Crippen LogP) is -0.300. The van der Waals surface area contributed by atoms with Crippen LogP contribution in [0.1, 0.15) is 30.9 Å². The first-order valence-electron chi connectivity index (χ1n) is 10.2. The van der Waals surface area contributed by atoms with E-state index in [1.807, 2.05) is 12.1 Å². The van der Waals surface area contributed by atoms with Crippen molar-refractivity contribution in [3.8, 4) is 0 Å². The summed E-state index contributed by atoms with van der Waals surface area (Å²) < 4.78 is 5.41. The van der Waals surface area contributed by atoms with Gasteiger partial charge in [0.1, 0.15) is 0 Å². The van der Waals surface area contributed by atoms with Crippen LogP contribution in [0.4, 0.5) is 0 Å². The van der Waals surface area contributed by atoms with E-state index in [0.717, 1.165) is 31.6 Å². The van der Waals surface area contributed by atoms with Gasteiger partial charge >= 0.3 is 11.8 Å². The van der Waals surface area contributed by atoms with Gasteiger partial charge in [0, 0.05) is 58.1 Å². The molecule has 2 N–H and O–H groups in total. The van der Waals surface area contributed by atoms with E-state index in [4.69, 9.17) is 4.74 Å². The Kier molecular flexibility index (Phi) is 7.94. The van der Waals surface area contributed by atoms with Crippen LogP contribution in [0.15, 0.2) is 24.5 Å². The van der Waals surface area contributed by atoms with E-state index in [0.29, 0.717) is 45.7 Å². The van der Waals surface area contributed by atoms with Crippen LogP contribution in [0.5, 0.6) is 0 Å². The Morgan fingerprint density at radius 1 is 1.17 bits per heavy atom. The smallest absolute Gasteiger partial charge is 0.309 e. The number of rotatable bonds is 8. The summed E-state index contributed by atoms with van der Waals surface area (Å²) in [7, 11) is 0. The lowest BCUT2D eigenvalue weighted by molar-refractivity contribution is -0.139. The Hall–Kier alpha value is -2.52. The van der Waals surface area contributed by atoms with Gasteiger partial charge in [-0.05, 0) is 24.5 Å². The second-order valence-corrected chi connectivity index (χ2v) is 7.25. The van der Waals surface area contributed by atoms with Gasteiger partial charge in [-0.2, -0.15) is 0 Å². The van der Waals surface area contributed by atoms with Gasteiger partial charge in [0.25, 0.3) is 0 Å². The van der Waals surface area contributed by atoms with Crippen LogP contribution >= 0.6 is 0 Å². The molecule has 0 aromatic carbocycles. The maximum absolute atomic E-state index is 12.2. The summed E-state index contributed by atoms with van der Waals surface area (Å²) in [5.41, 5.74) is 0.991. The molecule has 0 bridgehead atoms. The van der Waals surface area contributed by atoms with E-state index in [1.165, 1.54) is 0 Å². The highest BCUT2D eigenvalue weighted by atomic mass is 16.5. The van der Waals surface area contributed by atoms with Gasteiger partial charge in [-0.25, -0.2) is 0 Å². The molecule has 1 atom stereocenters. The molecule has 0 aliphatic carbocycles. The molecule has 0 spiro atoms. The lowest BCUT2D eigenvalue weighted by Gasteiger charge is -2.34. The zero-order valence-electron chi connectivity index (χ0n) is 16.6. The number of carbonyl (C=O) groups is 3. The van der Waals surface area contributed by atoms with E-state index in [9.17, 15) is 14.4 Å². The SMILES string of the molecule is O=C(NCCCN1CCCC1=O)C(=O)NC[C@@H](c1cccnc1)N1CCOCC1. The fraction of sp³-hybridized carbons (Fsp3) is 0.600. The van der Waals surface area contributed by atoms with E-state index >= 15 is 0 Å². The number of aromatic nitrogens is 1. The molecular weight excluding hydrogens is 374 g/mol. The molecule has 2 aliphatic rings. The van der Waals surface area contributed by atoms with Crippen molar-refractivity contribution in [1.29, 1.82) is 0 Å². The monoisotopic (exact) mass is 403 g/mol. The lowest BCUT2D eigenvalue weighted by Crippen LogP contribution is -2.47. The first-order valence-corrected chi connectivity index (χ1v) is 10.2. The number of likely N-dealkylation sites (tertiary alicyclic amines) is 1. The number of carbonyl (C=O) groups excluding carboxylic acids is 3. The number of amides is 3. The molecule has 0 radical (unpaired) electrons. The summed E-state index contributed by atoms with van der Waals surface area (Å²) in [6, 6.07) is 3.77. The largest absolute Gasteiger partial charge is 0.379 e. The van der Waals surface area contributed by atoms with E-state index in [-0.39, 0.29) is 11.9 Å². The molecule has 3 heterocycles. The van der Waals surface area contributed by atoms with E-state index in [1.54, 1.807) is 17.3 Å². The van der Waals surface area contributed by atoms with Crippen LogP contribution in [-0.4, -0.2) is 85.0 Å². The van der Waals surface area contributed by atoms with Gasteiger partial charge in [0.15, 0.2) is 0 Å². The van der Waals surface area contributed by atoms with Crippen molar-refractivity contribution in [1.82, 2.24) is 25.4 Å². The highest BCUT2D eigenvalue weighted by molar-refractivity contribution is 6.35. The average molecular weight is 403 g/mol. The van der Waals surface area contributed by atoms with Crippen LogP contribution in [0.3, 0.4) is 0 Å². The minimum absolute atomic E-state index is 0.0643.